The molecule has 0 radical (unpaired) electrons. The zero-order valence-electron chi connectivity index (χ0n) is 16.6. The molecule has 3 heterocycles. The number of hydrogen-bond acceptors (Lipinski definition) is 4. The van der Waals surface area contributed by atoms with Crippen molar-refractivity contribution in [2.75, 3.05) is 32.7 Å². The van der Waals surface area contributed by atoms with Crippen LogP contribution in [-0.2, 0) is 9.59 Å². The summed E-state index contributed by atoms with van der Waals surface area (Å²) in [5, 5.41) is 0. The van der Waals surface area contributed by atoms with Crippen molar-refractivity contribution in [2.45, 2.75) is 51.5 Å². The smallest absolute Gasteiger partial charge is 0.289 e. The highest BCUT2D eigenvalue weighted by molar-refractivity contribution is 6.08. The lowest BCUT2D eigenvalue weighted by Crippen LogP contribution is -2.56. The van der Waals surface area contributed by atoms with Gasteiger partial charge in [-0.15, -0.1) is 0 Å². The van der Waals surface area contributed by atoms with Gasteiger partial charge < -0.3 is 19.1 Å². The number of nitrogens with zero attached hydrogens (tertiary/aromatic N) is 3. The SMILES string of the molecule is CCC1CCCCN1C(=O)C1(C(=O)N2CCN(C(=O)c3ccco3)CC2)CC1. The Labute approximate surface area is 165 Å². The van der Waals surface area contributed by atoms with Crippen molar-refractivity contribution in [3.63, 3.8) is 0 Å². The minimum atomic E-state index is -0.835. The molecule has 1 saturated carbocycles. The van der Waals surface area contributed by atoms with Crippen LogP contribution in [0.15, 0.2) is 22.8 Å². The minimum absolute atomic E-state index is 0.0389. The molecule has 1 aromatic heterocycles. The summed E-state index contributed by atoms with van der Waals surface area (Å²) in [6.45, 7) is 4.77. The second kappa shape index (κ2) is 7.60. The first kappa shape index (κ1) is 19.0. The predicted molar refractivity (Wildman–Crippen MR) is 103 cm³/mol. The van der Waals surface area contributed by atoms with Crippen molar-refractivity contribution in [1.29, 1.82) is 0 Å². The first-order chi connectivity index (χ1) is 13.6. The van der Waals surface area contributed by atoms with Gasteiger partial charge in [0.05, 0.1) is 6.26 Å². The van der Waals surface area contributed by atoms with E-state index in [4.69, 9.17) is 4.42 Å². The first-order valence-corrected chi connectivity index (χ1v) is 10.5. The third-order valence-corrected chi connectivity index (χ3v) is 6.51. The van der Waals surface area contributed by atoms with Gasteiger partial charge in [-0.3, -0.25) is 14.4 Å². The number of hydrogen-bond donors (Lipinski definition) is 0. The Balaban J connectivity index is 1.38. The monoisotopic (exact) mass is 387 g/mol. The quantitative estimate of drug-likeness (QED) is 0.742. The first-order valence-electron chi connectivity index (χ1n) is 10.5. The van der Waals surface area contributed by atoms with Crippen molar-refractivity contribution in [3.8, 4) is 0 Å². The van der Waals surface area contributed by atoms with Gasteiger partial charge >= 0.3 is 0 Å². The zero-order valence-corrected chi connectivity index (χ0v) is 16.6. The fourth-order valence-corrected chi connectivity index (χ4v) is 4.58. The second-order valence-electron chi connectivity index (χ2n) is 8.20. The maximum Gasteiger partial charge on any atom is 0.289 e. The average Bonchev–Trinajstić information content (AvgIpc) is 3.38. The summed E-state index contributed by atoms with van der Waals surface area (Å²) in [4.78, 5) is 44.4. The third-order valence-electron chi connectivity index (χ3n) is 6.51. The van der Waals surface area contributed by atoms with E-state index in [1.165, 1.54) is 6.26 Å². The number of carbonyl (C=O) groups excluding carboxylic acids is 3. The van der Waals surface area contributed by atoms with E-state index in [1.54, 1.807) is 21.9 Å². The molecule has 3 fully saturated rings. The fraction of sp³-hybridized carbons (Fsp3) is 0.667. The molecule has 2 aliphatic heterocycles. The van der Waals surface area contributed by atoms with Gasteiger partial charge in [0.2, 0.25) is 11.8 Å². The van der Waals surface area contributed by atoms with Crippen molar-refractivity contribution in [3.05, 3.63) is 24.2 Å². The molecule has 7 heteroatoms. The van der Waals surface area contributed by atoms with Gasteiger partial charge in [-0.2, -0.15) is 0 Å². The molecule has 28 heavy (non-hydrogen) atoms. The Hall–Kier alpha value is -2.31. The maximum atomic E-state index is 13.3. The Morgan fingerprint density at radius 3 is 2.36 bits per heavy atom. The van der Waals surface area contributed by atoms with E-state index in [2.05, 4.69) is 6.92 Å². The largest absolute Gasteiger partial charge is 0.459 e. The van der Waals surface area contributed by atoms with Crippen LogP contribution in [0, 0.1) is 5.41 Å². The van der Waals surface area contributed by atoms with Crippen molar-refractivity contribution in [1.82, 2.24) is 14.7 Å². The van der Waals surface area contributed by atoms with Crippen LogP contribution in [0.3, 0.4) is 0 Å². The summed E-state index contributed by atoms with van der Waals surface area (Å²) in [6.07, 6.45) is 6.98. The van der Waals surface area contributed by atoms with Crippen LogP contribution in [0.2, 0.25) is 0 Å². The lowest BCUT2D eigenvalue weighted by atomic mass is 9.95. The number of piperazine rings is 1. The predicted octanol–water partition coefficient (Wildman–Crippen LogP) is 2.14. The average molecular weight is 387 g/mol. The van der Waals surface area contributed by atoms with Crippen molar-refractivity contribution in [2.24, 2.45) is 5.41 Å². The zero-order chi connectivity index (χ0) is 19.7. The second-order valence-corrected chi connectivity index (χ2v) is 8.20. The third kappa shape index (κ3) is 3.31. The van der Waals surface area contributed by atoms with Crippen LogP contribution in [0.25, 0.3) is 0 Å². The van der Waals surface area contributed by atoms with Gasteiger partial charge in [0.15, 0.2) is 5.76 Å². The van der Waals surface area contributed by atoms with Crippen LogP contribution in [0.5, 0.6) is 0 Å². The lowest BCUT2D eigenvalue weighted by Gasteiger charge is -2.40. The van der Waals surface area contributed by atoms with E-state index in [9.17, 15) is 14.4 Å². The molecule has 1 aromatic rings. The lowest BCUT2D eigenvalue weighted by molar-refractivity contribution is -0.152. The minimum Gasteiger partial charge on any atom is -0.459 e. The van der Waals surface area contributed by atoms with Gasteiger partial charge in [-0.1, -0.05) is 6.92 Å². The molecular formula is C21H29N3O4. The summed E-state index contributed by atoms with van der Waals surface area (Å²) < 4.78 is 5.18. The van der Waals surface area contributed by atoms with Crippen LogP contribution in [-0.4, -0.2) is 71.2 Å². The molecule has 3 aliphatic rings. The Kier molecular flexibility index (Phi) is 5.17. The van der Waals surface area contributed by atoms with Gasteiger partial charge in [0, 0.05) is 38.8 Å². The Morgan fingerprint density at radius 2 is 1.75 bits per heavy atom. The molecule has 4 rings (SSSR count). The molecule has 1 atom stereocenters. The number of carbonyl (C=O) groups is 3. The standard InChI is InChI=1S/C21H29N3O4/c1-2-16-6-3-4-10-24(16)20(27)21(8-9-21)19(26)23-13-11-22(12-14-23)18(25)17-7-5-15-28-17/h5,7,15-16H,2-4,6,8-14H2,1H3. The van der Waals surface area contributed by atoms with Gasteiger partial charge in [-0.25, -0.2) is 0 Å². The normalized spacial score (nSPS) is 24.2. The van der Waals surface area contributed by atoms with E-state index in [0.717, 1.165) is 32.2 Å². The molecule has 152 valence electrons. The molecule has 1 aliphatic carbocycles. The maximum absolute atomic E-state index is 13.3. The number of rotatable bonds is 4. The van der Waals surface area contributed by atoms with Gasteiger partial charge in [0.1, 0.15) is 5.41 Å². The van der Waals surface area contributed by atoms with Gasteiger partial charge in [-0.05, 0) is 50.7 Å². The van der Waals surface area contributed by atoms with Crippen molar-refractivity contribution >= 4 is 17.7 Å². The Morgan fingerprint density at radius 1 is 1.04 bits per heavy atom. The van der Waals surface area contributed by atoms with Gasteiger partial charge in [0.25, 0.3) is 5.91 Å². The van der Waals surface area contributed by atoms with E-state index < -0.39 is 5.41 Å². The number of piperidine rings is 1. The molecule has 2 saturated heterocycles. The molecule has 1 unspecified atom stereocenters. The molecule has 7 nitrogen and oxygen atoms in total. The number of amides is 3. The summed E-state index contributed by atoms with van der Waals surface area (Å²) in [5.74, 6) is 0.180. The summed E-state index contributed by atoms with van der Waals surface area (Å²) in [7, 11) is 0. The molecule has 3 amide bonds. The van der Waals surface area contributed by atoms with Crippen LogP contribution in [0.4, 0.5) is 0 Å². The van der Waals surface area contributed by atoms with E-state index in [1.807, 2.05) is 4.90 Å². The number of likely N-dealkylation sites (tertiary alicyclic amines) is 1. The van der Waals surface area contributed by atoms with E-state index >= 15 is 0 Å². The molecule has 0 N–H and O–H groups in total. The van der Waals surface area contributed by atoms with E-state index in [0.29, 0.717) is 44.8 Å². The highest BCUT2D eigenvalue weighted by atomic mass is 16.3. The number of furan rings is 1. The highest BCUT2D eigenvalue weighted by Gasteiger charge is 2.60. The molecular weight excluding hydrogens is 358 g/mol. The summed E-state index contributed by atoms with van der Waals surface area (Å²) >= 11 is 0. The highest BCUT2D eigenvalue weighted by Crippen LogP contribution is 2.49. The van der Waals surface area contributed by atoms with Crippen LogP contribution in [0.1, 0.15) is 56.0 Å². The Bertz CT molecular complexity index is 733. The van der Waals surface area contributed by atoms with Crippen molar-refractivity contribution < 1.29 is 18.8 Å². The topological polar surface area (TPSA) is 74.1 Å². The summed E-state index contributed by atoms with van der Waals surface area (Å²) in [5.41, 5.74) is -0.835. The molecule has 0 spiro atoms. The molecule has 0 aromatic carbocycles. The fourth-order valence-electron chi connectivity index (χ4n) is 4.58. The van der Waals surface area contributed by atoms with Crippen LogP contribution < -0.4 is 0 Å². The summed E-state index contributed by atoms with van der Waals surface area (Å²) in [6, 6.07) is 3.62. The van der Waals surface area contributed by atoms with E-state index in [-0.39, 0.29) is 23.8 Å². The van der Waals surface area contributed by atoms with Crippen LogP contribution >= 0.6 is 0 Å². The molecule has 0 bridgehead atoms.